The third-order valence-electron chi connectivity index (χ3n) is 4.80. The zero-order chi connectivity index (χ0) is 17.1. The maximum absolute atomic E-state index is 6.13. The summed E-state index contributed by atoms with van der Waals surface area (Å²) in [4.78, 5) is 0. The van der Waals surface area contributed by atoms with Gasteiger partial charge < -0.3 is 4.74 Å². The van der Waals surface area contributed by atoms with E-state index < -0.39 is 0 Å². The van der Waals surface area contributed by atoms with Gasteiger partial charge in [0.25, 0.3) is 0 Å². The third-order valence-corrected chi connectivity index (χ3v) is 4.80. The molecule has 0 saturated carbocycles. The summed E-state index contributed by atoms with van der Waals surface area (Å²) < 4.78 is 6.13. The fourth-order valence-corrected chi connectivity index (χ4v) is 3.42. The molecule has 0 bridgehead atoms. The largest absolute Gasteiger partial charge is 0.369 e. The summed E-state index contributed by atoms with van der Waals surface area (Å²) in [5, 5.41) is 0. The second kappa shape index (κ2) is 7.08. The van der Waals surface area contributed by atoms with Crippen molar-refractivity contribution in [2.75, 3.05) is 6.61 Å². The number of ether oxygens (including phenoxy) is 1. The van der Waals surface area contributed by atoms with E-state index in [1.54, 1.807) is 0 Å². The van der Waals surface area contributed by atoms with Crippen LogP contribution in [0.4, 0.5) is 0 Å². The van der Waals surface area contributed by atoms with E-state index in [0.29, 0.717) is 0 Å². The smallest absolute Gasteiger partial charge is 0.102 e. The minimum Gasteiger partial charge on any atom is -0.369 e. The minimum absolute atomic E-state index is 0.00135. The Balaban J connectivity index is 1.81. The van der Waals surface area contributed by atoms with Gasteiger partial charge in [0.15, 0.2) is 0 Å². The van der Waals surface area contributed by atoms with Gasteiger partial charge in [-0.1, -0.05) is 84.4 Å². The molecule has 1 heteroatoms. The van der Waals surface area contributed by atoms with Crippen molar-refractivity contribution in [3.63, 3.8) is 0 Å². The van der Waals surface area contributed by atoms with Crippen molar-refractivity contribution in [3.8, 4) is 0 Å². The van der Waals surface area contributed by atoms with E-state index >= 15 is 0 Å². The zero-order valence-corrected chi connectivity index (χ0v) is 14.5. The molecule has 3 aromatic carbocycles. The molecule has 0 aromatic heterocycles. The summed E-state index contributed by atoms with van der Waals surface area (Å²) in [6.45, 7) is 2.89. The van der Waals surface area contributed by atoms with Crippen LogP contribution in [0.3, 0.4) is 0 Å². The number of fused-ring (bicyclic) bond motifs is 1. The number of rotatable bonds is 3. The highest BCUT2D eigenvalue weighted by Crippen LogP contribution is 2.33. The second-order valence-corrected chi connectivity index (χ2v) is 6.55. The lowest BCUT2D eigenvalue weighted by atomic mass is 9.91. The third kappa shape index (κ3) is 3.42. The van der Waals surface area contributed by atoms with Gasteiger partial charge in [-0.25, -0.2) is 0 Å². The van der Waals surface area contributed by atoms with Crippen molar-refractivity contribution in [2.24, 2.45) is 0 Å². The van der Waals surface area contributed by atoms with Gasteiger partial charge in [0.2, 0.25) is 0 Å². The molecule has 1 aliphatic rings. The van der Waals surface area contributed by atoms with E-state index in [4.69, 9.17) is 4.74 Å². The Morgan fingerprint density at radius 2 is 1.52 bits per heavy atom. The van der Waals surface area contributed by atoms with Gasteiger partial charge in [-0.15, -0.1) is 0 Å². The molecular formula is C24H22O. The molecule has 0 N–H and O–H groups in total. The van der Waals surface area contributed by atoms with Crippen LogP contribution in [0.2, 0.25) is 0 Å². The summed E-state index contributed by atoms with van der Waals surface area (Å²) in [6, 6.07) is 27.9. The summed E-state index contributed by atoms with van der Waals surface area (Å²) in [7, 11) is 0. The number of aryl methyl sites for hydroxylation is 1. The molecule has 0 amide bonds. The molecule has 0 saturated heterocycles. The first kappa shape index (κ1) is 15.9. The molecular weight excluding hydrogens is 304 g/mol. The number of hydrogen-bond acceptors (Lipinski definition) is 1. The Bertz CT molecular complexity index is 875. The van der Waals surface area contributed by atoms with Crippen molar-refractivity contribution >= 4 is 5.57 Å². The molecule has 0 spiro atoms. The molecule has 1 aliphatic heterocycles. The maximum atomic E-state index is 6.13. The highest BCUT2D eigenvalue weighted by atomic mass is 16.5. The van der Waals surface area contributed by atoms with E-state index in [1.807, 2.05) is 0 Å². The van der Waals surface area contributed by atoms with Crippen LogP contribution in [0.25, 0.3) is 5.57 Å². The van der Waals surface area contributed by atoms with Crippen LogP contribution >= 0.6 is 0 Å². The highest BCUT2D eigenvalue weighted by Gasteiger charge is 2.19. The lowest BCUT2D eigenvalue weighted by molar-refractivity contribution is 0.0753. The predicted molar refractivity (Wildman–Crippen MR) is 104 cm³/mol. The average Bonchev–Trinajstić information content (AvgIpc) is 2.68. The molecule has 4 rings (SSSR count). The van der Waals surface area contributed by atoms with Gasteiger partial charge in [-0.3, -0.25) is 0 Å². The van der Waals surface area contributed by atoms with Crippen LogP contribution in [0.5, 0.6) is 0 Å². The Labute approximate surface area is 149 Å². The molecule has 1 nitrogen and oxygen atoms in total. The first-order valence-corrected chi connectivity index (χ1v) is 8.85. The summed E-state index contributed by atoms with van der Waals surface area (Å²) in [5.74, 6) is 0. The van der Waals surface area contributed by atoms with Gasteiger partial charge in [0, 0.05) is 0 Å². The standard InChI is InChI=1S/C24H22O/c1-18-11-13-21(14-12-18)23(19-7-3-2-4-8-19)17-24-22-10-6-5-9-20(22)15-16-25-24/h2-14,17,24H,15-16H2,1H3/b23-17+. The fourth-order valence-electron chi connectivity index (χ4n) is 3.42. The Morgan fingerprint density at radius 1 is 0.840 bits per heavy atom. The summed E-state index contributed by atoms with van der Waals surface area (Å²) >= 11 is 0. The highest BCUT2D eigenvalue weighted by molar-refractivity contribution is 5.80. The fraction of sp³-hybridized carbons (Fsp3) is 0.167. The molecule has 0 fully saturated rings. The van der Waals surface area contributed by atoms with Crippen molar-refractivity contribution in [1.29, 1.82) is 0 Å². The minimum atomic E-state index is 0.00135. The van der Waals surface area contributed by atoms with Crippen LogP contribution in [0.15, 0.2) is 84.9 Å². The topological polar surface area (TPSA) is 9.23 Å². The van der Waals surface area contributed by atoms with Crippen LogP contribution < -0.4 is 0 Å². The quantitative estimate of drug-likeness (QED) is 0.596. The molecule has 1 unspecified atom stereocenters. The van der Waals surface area contributed by atoms with Crippen LogP contribution in [-0.4, -0.2) is 6.61 Å². The number of hydrogen-bond donors (Lipinski definition) is 0. The second-order valence-electron chi connectivity index (χ2n) is 6.55. The van der Waals surface area contributed by atoms with Gasteiger partial charge >= 0.3 is 0 Å². The molecule has 1 atom stereocenters. The lowest BCUT2D eigenvalue weighted by Crippen LogP contribution is -2.15. The molecule has 0 radical (unpaired) electrons. The van der Waals surface area contributed by atoms with Crippen LogP contribution in [0, 0.1) is 6.92 Å². The van der Waals surface area contributed by atoms with E-state index in [-0.39, 0.29) is 6.10 Å². The summed E-state index contributed by atoms with van der Waals surface area (Å²) in [6.07, 6.45) is 3.27. The predicted octanol–water partition coefficient (Wildman–Crippen LogP) is 5.74. The first-order chi connectivity index (χ1) is 12.3. The van der Waals surface area contributed by atoms with E-state index in [0.717, 1.165) is 13.0 Å². The van der Waals surface area contributed by atoms with Crippen molar-refractivity contribution in [1.82, 2.24) is 0 Å². The normalized spacial score (nSPS) is 17.2. The van der Waals surface area contributed by atoms with Crippen molar-refractivity contribution in [2.45, 2.75) is 19.4 Å². The van der Waals surface area contributed by atoms with E-state index in [1.165, 1.54) is 33.4 Å². The summed E-state index contributed by atoms with van der Waals surface area (Å²) in [5.41, 5.74) is 7.62. The van der Waals surface area contributed by atoms with Crippen LogP contribution in [-0.2, 0) is 11.2 Å². The number of benzene rings is 3. The van der Waals surface area contributed by atoms with Gasteiger partial charge in [-0.2, -0.15) is 0 Å². The Hall–Kier alpha value is -2.64. The molecule has 0 aliphatic carbocycles. The Kier molecular flexibility index (Phi) is 4.49. The van der Waals surface area contributed by atoms with Crippen LogP contribution in [0.1, 0.15) is 33.9 Å². The SMILES string of the molecule is Cc1ccc(/C(=C/C2OCCc3ccccc32)c2ccccc2)cc1. The van der Waals surface area contributed by atoms with Gasteiger partial charge in [0.05, 0.1) is 6.61 Å². The molecule has 1 heterocycles. The van der Waals surface area contributed by atoms with Crippen molar-refractivity contribution < 1.29 is 4.74 Å². The zero-order valence-electron chi connectivity index (χ0n) is 14.5. The maximum Gasteiger partial charge on any atom is 0.102 e. The average molecular weight is 326 g/mol. The van der Waals surface area contributed by atoms with Gasteiger partial charge in [0.1, 0.15) is 6.10 Å². The first-order valence-electron chi connectivity index (χ1n) is 8.85. The van der Waals surface area contributed by atoms with Gasteiger partial charge in [-0.05, 0) is 47.2 Å². The molecule has 3 aromatic rings. The van der Waals surface area contributed by atoms with Crippen molar-refractivity contribution in [3.05, 3.63) is 113 Å². The lowest BCUT2D eigenvalue weighted by Gasteiger charge is -2.25. The monoisotopic (exact) mass is 326 g/mol. The Morgan fingerprint density at radius 3 is 2.32 bits per heavy atom. The van der Waals surface area contributed by atoms with E-state index in [2.05, 4.69) is 91.9 Å². The van der Waals surface area contributed by atoms with E-state index in [9.17, 15) is 0 Å². The molecule has 25 heavy (non-hydrogen) atoms. The molecule has 124 valence electrons.